The van der Waals surface area contributed by atoms with Crippen molar-refractivity contribution in [1.29, 1.82) is 0 Å². The summed E-state index contributed by atoms with van der Waals surface area (Å²) >= 11 is 0. The van der Waals surface area contributed by atoms with Gasteiger partial charge in [0.15, 0.2) is 11.5 Å². The molecule has 7 nitrogen and oxygen atoms in total. The minimum absolute atomic E-state index is 0.000593. The molecule has 0 bridgehead atoms. The topological polar surface area (TPSA) is 79.0 Å². The number of nitrogens with zero attached hydrogens (tertiary/aromatic N) is 3. The monoisotopic (exact) mass is 373 g/mol. The number of hydrogen-bond donors (Lipinski definition) is 1. The number of hydrogen-bond acceptors (Lipinski definition) is 7. The Balaban J connectivity index is 1.38. The Morgan fingerprint density at radius 1 is 1.26 bits per heavy atom. The van der Waals surface area contributed by atoms with Crippen LogP contribution < -0.4 is 4.74 Å². The average Bonchev–Trinajstić information content (AvgIpc) is 3.06. The van der Waals surface area contributed by atoms with Crippen LogP contribution in [0.25, 0.3) is 0 Å². The molecule has 27 heavy (non-hydrogen) atoms. The molecule has 1 aromatic carbocycles. The number of Topliss-reactive ketones (excluding diaryl/α,β-unsaturated/α-hetero) is 1. The molecule has 0 spiro atoms. The summed E-state index contributed by atoms with van der Waals surface area (Å²) in [7, 11) is 0. The van der Waals surface area contributed by atoms with Crippen LogP contribution >= 0.6 is 0 Å². The molecule has 7 heteroatoms. The number of carbonyl (C=O) groups is 1. The predicted octanol–water partition coefficient (Wildman–Crippen LogP) is 1.74. The summed E-state index contributed by atoms with van der Waals surface area (Å²) in [4.78, 5) is 16.0. The number of β-amino-alcohol motifs (C(OH)–C–C–N with tert-alkyl or cyclic N) is 1. The highest BCUT2D eigenvalue weighted by Gasteiger charge is 2.20. The van der Waals surface area contributed by atoms with Gasteiger partial charge in [0, 0.05) is 44.4 Å². The van der Waals surface area contributed by atoms with Crippen molar-refractivity contribution in [2.24, 2.45) is 0 Å². The fraction of sp³-hybridized carbons (Fsp3) is 0.500. The zero-order valence-corrected chi connectivity index (χ0v) is 15.9. The van der Waals surface area contributed by atoms with Crippen molar-refractivity contribution >= 4 is 5.78 Å². The summed E-state index contributed by atoms with van der Waals surface area (Å²) in [5.41, 5.74) is 1.51. The third-order valence-corrected chi connectivity index (χ3v) is 4.67. The first-order chi connectivity index (χ1) is 13.0. The lowest BCUT2D eigenvalue weighted by Crippen LogP contribution is -2.48. The second-order valence-electron chi connectivity index (χ2n) is 7.06. The van der Waals surface area contributed by atoms with Gasteiger partial charge >= 0.3 is 0 Å². The maximum Gasteiger partial charge on any atom is 0.159 e. The van der Waals surface area contributed by atoms with E-state index < -0.39 is 6.10 Å². The van der Waals surface area contributed by atoms with Crippen LogP contribution in [0.3, 0.4) is 0 Å². The van der Waals surface area contributed by atoms with Gasteiger partial charge in [0.25, 0.3) is 0 Å². The molecule has 1 fully saturated rings. The van der Waals surface area contributed by atoms with E-state index in [1.807, 2.05) is 13.0 Å². The number of aliphatic hydroxyl groups is 1. The molecule has 2 heterocycles. The van der Waals surface area contributed by atoms with E-state index in [1.54, 1.807) is 24.3 Å². The van der Waals surface area contributed by atoms with Gasteiger partial charge in [0.2, 0.25) is 0 Å². The zero-order chi connectivity index (χ0) is 19.2. The van der Waals surface area contributed by atoms with Gasteiger partial charge in [0.05, 0.1) is 12.2 Å². The highest BCUT2D eigenvalue weighted by Crippen LogP contribution is 2.14. The summed E-state index contributed by atoms with van der Waals surface area (Å²) in [6.45, 7) is 8.63. The highest BCUT2D eigenvalue weighted by molar-refractivity contribution is 5.94. The lowest BCUT2D eigenvalue weighted by molar-refractivity contribution is 0.0430. The summed E-state index contributed by atoms with van der Waals surface area (Å²) < 4.78 is 10.9. The van der Waals surface area contributed by atoms with Crippen molar-refractivity contribution in [3.8, 4) is 5.75 Å². The number of ketones is 1. The molecule has 0 saturated carbocycles. The third kappa shape index (κ3) is 5.89. The second-order valence-corrected chi connectivity index (χ2v) is 7.06. The molecule has 0 aliphatic carbocycles. The summed E-state index contributed by atoms with van der Waals surface area (Å²) in [5, 5.41) is 14.2. The lowest BCUT2D eigenvalue weighted by Gasteiger charge is -2.35. The van der Waals surface area contributed by atoms with Gasteiger partial charge in [-0.15, -0.1) is 0 Å². The molecule has 2 aromatic rings. The smallest absolute Gasteiger partial charge is 0.159 e. The minimum Gasteiger partial charge on any atom is -0.491 e. The van der Waals surface area contributed by atoms with Crippen LogP contribution in [0.2, 0.25) is 0 Å². The van der Waals surface area contributed by atoms with Crippen molar-refractivity contribution in [1.82, 2.24) is 15.0 Å². The van der Waals surface area contributed by atoms with Crippen LogP contribution in [0.4, 0.5) is 0 Å². The van der Waals surface area contributed by atoms with E-state index in [0.29, 0.717) is 17.9 Å². The molecule has 0 radical (unpaired) electrons. The normalized spacial score (nSPS) is 17.0. The first-order valence-electron chi connectivity index (χ1n) is 9.28. The molecule has 1 aliphatic rings. The van der Waals surface area contributed by atoms with Crippen molar-refractivity contribution in [2.75, 3.05) is 39.3 Å². The van der Waals surface area contributed by atoms with Gasteiger partial charge in [0.1, 0.15) is 18.5 Å². The largest absolute Gasteiger partial charge is 0.491 e. The minimum atomic E-state index is -0.575. The van der Waals surface area contributed by atoms with Crippen molar-refractivity contribution in [3.63, 3.8) is 0 Å². The molecule has 1 unspecified atom stereocenters. The van der Waals surface area contributed by atoms with Gasteiger partial charge in [-0.1, -0.05) is 17.3 Å². The van der Waals surface area contributed by atoms with Crippen molar-refractivity contribution in [2.45, 2.75) is 26.5 Å². The van der Waals surface area contributed by atoms with Crippen LogP contribution in [-0.4, -0.2) is 71.3 Å². The van der Waals surface area contributed by atoms with Crippen LogP contribution in [0.15, 0.2) is 34.9 Å². The van der Waals surface area contributed by atoms with Crippen molar-refractivity contribution < 1.29 is 19.2 Å². The van der Waals surface area contributed by atoms with E-state index in [4.69, 9.17) is 9.26 Å². The van der Waals surface area contributed by atoms with Crippen LogP contribution in [0, 0.1) is 6.92 Å². The Bertz CT molecular complexity index is 753. The Morgan fingerprint density at radius 2 is 2.00 bits per heavy atom. The first kappa shape index (κ1) is 19.5. The van der Waals surface area contributed by atoms with E-state index in [-0.39, 0.29) is 12.4 Å². The molecular formula is C20H27N3O4. The quantitative estimate of drug-likeness (QED) is 0.706. The van der Waals surface area contributed by atoms with Crippen LogP contribution in [-0.2, 0) is 6.54 Å². The number of aryl methyl sites for hydroxylation is 1. The van der Waals surface area contributed by atoms with Gasteiger partial charge in [-0.05, 0) is 26.0 Å². The van der Waals surface area contributed by atoms with E-state index in [1.165, 1.54) is 6.92 Å². The van der Waals surface area contributed by atoms with E-state index in [9.17, 15) is 9.90 Å². The first-order valence-corrected chi connectivity index (χ1v) is 9.28. The number of aliphatic hydroxyl groups excluding tert-OH is 1. The summed E-state index contributed by atoms with van der Waals surface area (Å²) in [5.74, 6) is 1.50. The maximum absolute atomic E-state index is 11.4. The molecule has 1 saturated heterocycles. The summed E-state index contributed by atoms with van der Waals surface area (Å²) in [6.07, 6.45) is -0.575. The third-order valence-electron chi connectivity index (χ3n) is 4.67. The van der Waals surface area contributed by atoms with E-state index in [0.717, 1.165) is 44.2 Å². The Kier molecular flexibility index (Phi) is 6.60. The standard InChI is InChI=1S/C20H27N3O4/c1-15-10-20(27-21-15)13-23-8-6-22(7-9-23)12-18(25)14-26-19-5-3-4-17(11-19)16(2)24/h3-5,10-11,18,25H,6-9,12-14H2,1-2H3. The van der Waals surface area contributed by atoms with Crippen LogP contribution in [0.1, 0.15) is 28.7 Å². The lowest BCUT2D eigenvalue weighted by atomic mass is 10.1. The molecule has 3 rings (SSSR count). The average molecular weight is 373 g/mol. The fourth-order valence-electron chi connectivity index (χ4n) is 3.19. The molecule has 1 N–H and O–H groups in total. The highest BCUT2D eigenvalue weighted by atomic mass is 16.5. The zero-order valence-electron chi connectivity index (χ0n) is 15.9. The number of aromatic nitrogens is 1. The number of ether oxygens (including phenoxy) is 1. The van der Waals surface area contributed by atoms with E-state index in [2.05, 4.69) is 15.0 Å². The molecule has 146 valence electrons. The van der Waals surface area contributed by atoms with Gasteiger partial charge < -0.3 is 14.4 Å². The molecule has 1 atom stereocenters. The van der Waals surface area contributed by atoms with Crippen LogP contribution in [0.5, 0.6) is 5.75 Å². The Labute approximate surface area is 159 Å². The van der Waals surface area contributed by atoms with Gasteiger partial charge in [-0.25, -0.2) is 0 Å². The fourth-order valence-corrected chi connectivity index (χ4v) is 3.19. The van der Waals surface area contributed by atoms with Gasteiger partial charge in [-0.2, -0.15) is 0 Å². The Morgan fingerprint density at radius 3 is 2.67 bits per heavy atom. The molecular weight excluding hydrogens is 346 g/mol. The molecule has 0 amide bonds. The van der Waals surface area contributed by atoms with E-state index >= 15 is 0 Å². The number of benzene rings is 1. The Hall–Kier alpha value is -2.22. The maximum atomic E-state index is 11.4. The number of carbonyl (C=O) groups excluding carboxylic acids is 1. The van der Waals surface area contributed by atoms with Crippen molar-refractivity contribution in [3.05, 3.63) is 47.3 Å². The SMILES string of the molecule is CC(=O)c1cccc(OCC(O)CN2CCN(Cc3cc(C)no3)CC2)c1. The predicted molar refractivity (Wildman–Crippen MR) is 101 cm³/mol. The molecule has 1 aliphatic heterocycles. The summed E-state index contributed by atoms with van der Waals surface area (Å²) in [6, 6.07) is 9.01. The molecule has 1 aromatic heterocycles. The van der Waals surface area contributed by atoms with Gasteiger partial charge in [-0.3, -0.25) is 14.6 Å². The second kappa shape index (κ2) is 9.12. The number of rotatable bonds is 8. The number of piperazine rings is 1.